The first kappa shape index (κ1) is 21.0. The Balaban J connectivity index is 1.32. The van der Waals surface area contributed by atoms with Crippen molar-refractivity contribution in [1.29, 1.82) is 0 Å². The number of aliphatic hydroxyl groups is 1. The first-order valence-electron chi connectivity index (χ1n) is 11.3. The van der Waals surface area contributed by atoms with Crippen LogP contribution in [0.3, 0.4) is 0 Å². The van der Waals surface area contributed by atoms with Crippen molar-refractivity contribution >= 4 is 5.78 Å². The number of rotatable bonds is 7. The topological polar surface area (TPSA) is 62.5 Å². The van der Waals surface area contributed by atoms with Crippen LogP contribution >= 0.6 is 0 Å². The minimum absolute atomic E-state index is 0.0682. The average molecular weight is 409 g/mol. The molecule has 1 aliphatic heterocycles. The van der Waals surface area contributed by atoms with Crippen LogP contribution in [0, 0.1) is 5.92 Å². The van der Waals surface area contributed by atoms with Gasteiger partial charge in [0, 0.05) is 43.9 Å². The molecule has 1 saturated carbocycles. The van der Waals surface area contributed by atoms with Crippen LogP contribution in [-0.2, 0) is 19.5 Å². The van der Waals surface area contributed by atoms with E-state index in [2.05, 4.69) is 29.2 Å². The average Bonchev–Trinajstić information content (AvgIpc) is 2.75. The number of hydrogen-bond acceptors (Lipinski definition) is 4. The number of carbonyl (C=O) groups excluding carboxylic acids is 1. The first-order valence-corrected chi connectivity index (χ1v) is 11.3. The van der Waals surface area contributed by atoms with E-state index >= 15 is 0 Å². The molecule has 0 bridgehead atoms. The summed E-state index contributed by atoms with van der Waals surface area (Å²) in [5.74, 6) is 0.531. The van der Waals surface area contributed by atoms with Gasteiger partial charge >= 0.3 is 0 Å². The summed E-state index contributed by atoms with van der Waals surface area (Å²) in [6.45, 7) is 2.52. The van der Waals surface area contributed by atoms with Gasteiger partial charge < -0.3 is 9.67 Å². The SMILES string of the molecule is O=C(CC1CCCCC1)c1ccn(CC(O)CN2CCc3ccccc3C2)c(=O)c1. The number of β-amino-alcohol motifs (C(OH)–C–C–N with tert-alkyl or cyclic N) is 1. The number of ketones is 1. The monoisotopic (exact) mass is 408 g/mol. The summed E-state index contributed by atoms with van der Waals surface area (Å²) in [6, 6.07) is 11.6. The van der Waals surface area contributed by atoms with Gasteiger partial charge in [-0.25, -0.2) is 0 Å². The van der Waals surface area contributed by atoms with Gasteiger partial charge in [0.05, 0.1) is 12.6 Å². The Hall–Kier alpha value is -2.24. The number of aliphatic hydroxyl groups excluding tert-OH is 1. The summed E-state index contributed by atoms with van der Waals surface area (Å²) in [7, 11) is 0. The fraction of sp³-hybridized carbons (Fsp3) is 0.520. The molecule has 0 saturated heterocycles. The van der Waals surface area contributed by atoms with Crippen molar-refractivity contribution in [1.82, 2.24) is 9.47 Å². The van der Waals surface area contributed by atoms with Crippen molar-refractivity contribution in [2.24, 2.45) is 5.92 Å². The van der Waals surface area contributed by atoms with Crippen LogP contribution in [0.15, 0.2) is 47.4 Å². The molecule has 2 aromatic rings. The van der Waals surface area contributed by atoms with Crippen LogP contribution in [-0.4, -0.2) is 39.6 Å². The molecule has 1 aromatic carbocycles. The highest BCUT2D eigenvalue weighted by Gasteiger charge is 2.20. The Morgan fingerprint density at radius 3 is 2.60 bits per heavy atom. The molecule has 0 amide bonds. The summed E-state index contributed by atoms with van der Waals surface area (Å²) in [6.07, 6.45) is 8.49. The zero-order valence-corrected chi connectivity index (χ0v) is 17.6. The lowest BCUT2D eigenvalue weighted by molar-refractivity contribution is 0.0909. The number of carbonyl (C=O) groups is 1. The maximum absolute atomic E-state index is 12.6. The second-order valence-corrected chi connectivity index (χ2v) is 8.95. The van der Waals surface area contributed by atoms with Gasteiger partial charge in [-0.3, -0.25) is 14.5 Å². The molecule has 0 spiro atoms. The van der Waals surface area contributed by atoms with E-state index in [-0.39, 0.29) is 17.9 Å². The molecule has 2 heterocycles. The third kappa shape index (κ3) is 5.27. The third-order valence-electron chi connectivity index (χ3n) is 6.60. The van der Waals surface area contributed by atoms with Gasteiger partial charge in [-0.05, 0) is 29.5 Å². The lowest BCUT2D eigenvalue weighted by Crippen LogP contribution is -2.39. The van der Waals surface area contributed by atoms with Gasteiger partial charge in [-0.1, -0.05) is 56.4 Å². The van der Waals surface area contributed by atoms with Crippen LogP contribution in [0.2, 0.25) is 0 Å². The van der Waals surface area contributed by atoms with Crippen molar-refractivity contribution in [3.05, 3.63) is 69.6 Å². The number of hydrogen-bond donors (Lipinski definition) is 1. The zero-order valence-electron chi connectivity index (χ0n) is 17.6. The van der Waals surface area contributed by atoms with Crippen LogP contribution in [0.25, 0.3) is 0 Å². The van der Waals surface area contributed by atoms with E-state index in [4.69, 9.17) is 0 Å². The molecule has 1 atom stereocenters. The van der Waals surface area contributed by atoms with E-state index in [1.807, 2.05) is 0 Å². The minimum Gasteiger partial charge on any atom is -0.390 e. The molecule has 30 heavy (non-hydrogen) atoms. The molecule has 1 N–H and O–H groups in total. The molecule has 0 radical (unpaired) electrons. The standard InChI is InChI=1S/C25H32N2O3/c28-23(17-26-12-10-20-8-4-5-9-22(20)16-26)18-27-13-11-21(15-25(27)30)24(29)14-19-6-2-1-3-7-19/h4-5,8-9,11,13,15,19,23,28H,1-3,6-7,10,12,14,16-18H2. The highest BCUT2D eigenvalue weighted by Crippen LogP contribution is 2.27. The van der Waals surface area contributed by atoms with Crippen LogP contribution < -0.4 is 5.56 Å². The molecule has 1 aliphatic carbocycles. The van der Waals surface area contributed by atoms with Gasteiger partial charge in [-0.2, -0.15) is 0 Å². The second kappa shape index (κ2) is 9.71. The smallest absolute Gasteiger partial charge is 0.251 e. The van der Waals surface area contributed by atoms with Crippen molar-refractivity contribution in [3.8, 4) is 0 Å². The quantitative estimate of drug-likeness (QED) is 0.713. The van der Waals surface area contributed by atoms with Gasteiger partial charge in [0.2, 0.25) is 0 Å². The molecule has 1 fully saturated rings. The number of Topliss-reactive ketones (excluding diaryl/α,β-unsaturated/α-hetero) is 1. The van der Waals surface area contributed by atoms with E-state index < -0.39 is 6.10 Å². The van der Waals surface area contributed by atoms with Gasteiger partial charge in [0.15, 0.2) is 5.78 Å². The Morgan fingerprint density at radius 1 is 1.07 bits per heavy atom. The minimum atomic E-state index is -0.628. The van der Waals surface area contributed by atoms with Crippen LogP contribution in [0.5, 0.6) is 0 Å². The Labute approximate surface area is 178 Å². The van der Waals surface area contributed by atoms with E-state index in [9.17, 15) is 14.7 Å². The maximum Gasteiger partial charge on any atom is 0.251 e. The Morgan fingerprint density at radius 2 is 1.83 bits per heavy atom. The Bertz CT molecular complexity index is 930. The molecule has 5 heteroatoms. The highest BCUT2D eigenvalue weighted by atomic mass is 16.3. The fourth-order valence-electron chi connectivity index (χ4n) is 4.90. The summed E-state index contributed by atoms with van der Waals surface area (Å²) >= 11 is 0. The van der Waals surface area contributed by atoms with Crippen molar-refractivity contribution in [3.63, 3.8) is 0 Å². The summed E-state index contributed by atoms with van der Waals surface area (Å²) in [5.41, 5.74) is 2.98. The maximum atomic E-state index is 12.6. The number of fused-ring (bicyclic) bond motifs is 1. The molecule has 4 rings (SSSR count). The Kier molecular flexibility index (Phi) is 6.80. The number of pyridine rings is 1. The number of benzene rings is 1. The molecule has 160 valence electrons. The first-order chi connectivity index (χ1) is 14.6. The van der Waals surface area contributed by atoms with Gasteiger partial charge in [0.25, 0.3) is 5.56 Å². The van der Waals surface area contributed by atoms with E-state index in [0.717, 1.165) is 32.4 Å². The van der Waals surface area contributed by atoms with Crippen molar-refractivity contribution in [2.75, 3.05) is 13.1 Å². The predicted molar refractivity (Wildman–Crippen MR) is 118 cm³/mol. The van der Waals surface area contributed by atoms with Gasteiger partial charge in [0.1, 0.15) is 0 Å². The summed E-state index contributed by atoms with van der Waals surface area (Å²) < 4.78 is 1.51. The molecular weight excluding hydrogens is 376 g/mol. The molecule has 5 nitrogen and oxygen atoms in total. The molecule has 1 unspecified atom stereocenters. The number of nitrogens with zero attached hydrogens (tertiary/aromatic N) is 2. The number of aromatic nitrogens is 1. The molecule has 2 aliphatic rings. The van der Waals surface area contributed by atoms with Gasteiger partial charge in [-0.15, -0.1) is 0 Å². The lowest BCUT2D eigenvalue weighted by Gasteiger charge is -2.30. The van der Waals surface area contributed by atoms with E-state index in [0.29, 0.717) is 24.4 Å². The predicted octanol–water partition coefficient (Wildman–Crippen LogP) is 3.42. The van der Waals surface area contributed by atoms with E-state index in [1.54, 1.807) is 12.3 Å². The largest absolute Gasteiger partial charge is 0.390 e. The third-order valence-corrected chi connectivity index (χ3v) is 6.60. The van der Waals surface area contributed by atoms with Crippen molar-refractivity contribution < 1.29 is 9.90 Å². The van der Waals surface area contributed by atoms with E-state index in [1.165, 1.54) is 41.0 Å². The lowest BCUT2D eigenvalue weighted by atomic mass is 9.85. The zero-order chi connectivity index (χ0) is 20.9. The molecular formula is C25H32N2O3. The van der Waals surface area contributed by atoms with Crippen LogP contribution in [0.4, 0.5) is 0 Å². The van der Waals surface area contributed by atoms with Crippen molar-refractivity contribution in [2.45, 2.75) is 64.1 Å². The fourth-order valence-corrected chi connectivity index (χ4v) is 4.90. The summed E-state index contributed by atoms with van der Waals surface area (Å²) in [5, 5.41) is 10.6. The molecule has 1 aromatic heterocycles. The normalized spacial score (nSPS) is 18.7. The second-order valence-electron chi connectivity index (χ2n) is 8.95. The van der Waals surface area contributed by atoms with Crippen LogP contribution in [0.1, 0.15) is 60.0 Å². The highest BCUT2D eigenvalue weighted by molar-refractivity contribution is 5.96. The summed E-state index contributed by atoms with van der Waals surface area (Å²) in [4.78, 5) is 27.3.